The lowest BCUT2D eigenvalue weighted by atomic mass is 10.1. The number of ether oxygens (including phenoxy) is 2. The minimum atomic E-state index is -4.05. The van der Waals surface area contributed by atoms with Crippen LogP contribution in [-0.2, 0) is 21.4 Å². The van der Waals surface area contributed by atoms with E-state index in [-0.39, 0.29) is 11.5 Å². The van der Waals surface area contributed by atoms with Crippen LogP contribution in [0.25, 0.3) is 0 Å². The number of hydrogen-bond donors (Lipinski definition) is 1. The van der Waals surface area contributed by atoms with Crippen molar-refractivity contribution in [3.63, 3.8) is 0 Å². The number of carbonyl (C=O) groups excluding carboxylic acids is 1. The fraction of sp³-hybridized carbons (Fsp3) is 0.188. The summed E-state index contributed by atoms with van der Waals surface area (Å²) in [6.07, 6.45) is 1.43. The molecule has 0 aliphatic rings. The molecule has 0 fully saturated rings. The Bertz CT molecular complexity index is 1760. The van der Waals surface area contributed by atoms with Crippen LogP contribution in [-0.4, -0.2) is 34.2 Å². The monoisotopic (exact) mass is 683 g/mol. The minimum absolute atomic E-state index is 0.0863. The molecule has 11 heteroatoms. The van der Waals surface area contributed by atoms with E-state index >= 15 is 0 Å². The Kier molecular flexibility index (Phi) is 10.5. The number of carbonyl (C=O) groups is 1. The van der Waals surface area contributed by atoms with Crippen molar-refractivity contribution < 1.29 is 22.7 Å². The van der Waals surface area contributed by atoms with Gasteiger partial charge in [0.05, 0.1) is 28.4 Å². The van der Waals surface area contributed by atoms with Gasteiger partial charge in [-0.05, 0) is 84.2 Å². The number of benzene rings is 4. The van der Waals surface area contributed by atoms with Gasteiger partial charge >= 0.3 is 0 Å². The van der Waals surface area contributed by atoms with Crippen LogP contribution < -0.4 is 19.2 Å². The molecule has 8 nitrogen and oxygen atoms in total. The Hall–Kier alpha value is -3.86. The van der Waals surface area contributed by atoms with E-state index in [4.69, 9.17) is 21.1 Å². The standard InChI is InChI=1S/C32H31BrClN3O5S/c1-21-9-12-26(13-10-21)43(39,40)37(29-14-11-22(2)15-23(29)3)19-31(38)36-35-18-24-16-27(33)32(30(17-24)41-4)42-20-25-7-5-6-8-28(25)34/h5-18H,19-20H2,1-4H3,(H,36,38)/b35-18-. The highest BCUT2D eigenvalue weighted by Gasteiger charge is 2.28. The number of hydrogen-bond acceptors (Lipinski definition) is 6. The van der Waals surface area contributed by atoms with Gasteiger partial charge in [0.2, 0.25) is 0 Å². The highest BCUT2D eigenvalue weighted by Crippen LogP contribution is 2.37. The van der Waals surface area contributed by atoms with Crippen molar-refractivity contribution in [2.75, 3.05) is 18.0 Å². The zero-order valence-corrected chi connectivity index (χ0v) is 27.3. The van der Waals surface area contributed by atoms with E-state index in [1.807, 2.05) is 51.1 Å². The van der Waals surface area contributed by atoms with E-state index in [2.05, 4.69) is 26.5 Å². The van der Waals surface area contributed by atoms with Gasteiger partial charge in [-0.15, -0.1) is 0 Å². The van der Waals surface area contributed by atoms with Crippen LogP contribution in [0.2, 0.25) is 5.02 Å². The lowest BCUT2D eigenvalue weighted by Crippen LogP contribution is -2.40. The van der Waals surface area contributed by atoms with E-state index in [0.29, 0.717) is 32.2 Å². The number of amides is 1. The normalized spacial score (nSPS) is 11.4. The molecule has 224 valence electrons. The summed E-state index contributed by atoms with van der Waals surface area (Å²) >= 11 is 9.75. The molecule has 0 unspecified atom stereocenters. The summed E-state index contributed by atoms with van der Waals surface area (Å²) in [5.74, 6) is 0.311. The van der Waals surface area contributed by atoms with Crippen LogP contribution in [0, 0.1) is 20.8 Å². The quantitative estimate of drug-likeness (QED) is 0.136. The van der Waals surface area contributed by atoms with Crippen LogP contribution in [0.15, 0.2) is 93.3 Å². The Balaban J connectivity index is 1.51. The highest BCUT2D eigenvalue weighted by molar-refractivity contribution is 9.10. The molecule has 0 atom stereocenters. The summed E-state index contributed by atoms with van der Waals surface area (Å²) in [5.41, 5.74) is 6.90. The van der Waals surface area contributed by atoms with E-state index in [1.165, 1.54) is 25.5 Å². The van der Waals surface area contributed by atoms with Crippen LogP contribution in [0.4, 0.5) is 5.69 Å². The van der Waals surface area contributed by atoms with Gasteiger partial charge in [0, 0.05) is 10.6 Å². The second-order valence-corrected chi connectivity index (χ2v) is 12.9. The number of sulfonamides is 1. The highest BCUT2D eigenvalue weighted by atomic mass is 79.9. The summed E-state index contributed by atoms with van der Waals surface area (Å²) < 4.78 is 40.6. The number of hydrazone groups is 1. The zero-order valence-electron chi connectivity index (χ0n) is 24.1. The summed E-state index contributed by atoms with van der Waals surface area (Å²) in [6.45, 7) is 5.37. The van der Waals surface area contributed by atoms with Crippen molar-refractivity contribution in [1.82, 2.24) is 5.43 Å². The summed E-state index contributed by atoms with van der Waals surface area (Å²) in [4.78, 5) is 13.1. The lowest BCUT2D eigenvalue weighted by molar-refractivity contribution is -0.119. The number of rotatable bonds is 11. The molecule has 1 N–H and O–H groups in total. The van der Waals surface area contributed by atoms with Crippen LogP contribution >= 0.6 is 27.5 Å². The van der Waals surface area contributed by atoms with E-state index in [0.717, 1.165) is 26.6 Å². The molecule has 0 heterocycles. The first-order valence-corrected chi connectivity index (χ1v) is 15.8. The van der Waals surface area contributed by atoms with E-state index < -0.39 is 22.5 Å². The third-order valence-corrected chi connectivity index (χ3v) is 9.23. The Labute approximate surface area is 265 Å². The molecule has 0 bridgehead atoms. The van der Waals surface area contributed by atoms with Crippen molar-refractivity contribution in [2.45, 2.75) is 32.3 Å². The molecular formula is C32H31BrClN3O5S. The van der Waals surface area contributed by atoms with E-state index in [9.17, 15) is 13.2 Å². The molecule has 0 spiro atoms. The third kappa shape index (κ3) is 7.95. The first-order chi connectivity index (χ1) is 20.5. The summed E-state index contributed by atoms with van der Waals surface area (Å²) in [5, 5.41) is 4.66. The second-order valence-electron chi connectivity index (χ2n) is 9.82. The summed E-state index contributed by atoms with van der Waals surface area (Å²) in [6, 6.07) is 22.7. The Morgan fingerprint density at radius 1 is 1.00 bits per heavy atom. The topological polar surface area (TPSA) is 97.3 Å². The third-order valence-electron chi connectivity index (χ3n) is 6.50. The number of methoxy groups -OCH3 is 1. The van der Waals surface area contributed by atoms with Crippen LogP contribution in [0.3, 0.4) is 0 Å². The van der Waals surface area contributed by atoms with Gasteiger partial charge in [-0.1, -0.05) is 65.2 Å². The SMILES string of the molecule is COc1cc(/C=N\NC(=O)CN(c2ccc(C)cc2C)S(=O)(=O)c2ccc(C)cc2)cc(Br)c1OCc1ccccc1Cl. The second kappa shape index (κ2) is 14.1. The fourth-order valence-electron chi connectivity index (χ4n) is 4.29. The largest absolute Gasteiger partial charge is 0.493 e. The maximum absolute atomic E-state index is 13.7. The molecule has 0 saturated carbocycles. The van der Waals surface area contributed by atoms with Crippen LogP contribution in [0.5, 0.6) is 11.5 Å². The van der Waals surface area contributed by atoms with Gasteiger partial charge in [0.25, 0.3) is 15.9 Å². The van der Waals surface area contributed by atoms with Crippen molar-refractivity contribution in [1.29, 1.82) is 0 Å². The average molecular weight is 685 g/mol. The number of anilines is 1. The van der Waals surface area contributed by atoms with Gasteiger partial charge in [-0.3, -0.25) is 9.10 Å². The predicted molar refractivity (Wildman–Crippen MR) is 174 cm³/mol. The van der Waals surface area contributed by atoms with Crippen molar-refractivity contribution >= 4 is 55.4 Å². The summed E-state index contributed by atoms with van der Waals surface area (Å²) in [7, 11) is -2.53. The molecule has 0 radical (unpaired) electrons. The molecular weight excluding hydrogens is 654 g/mol. The first-order valence-electron chi connectivity index (χ1n) is 13.2. The maximum Gasteiger partial charge on any atom is 0.264 e. The number of halogens is 2. The zero-order chi connectivity index (χ0) is 31.1. The molecule has 0 aliphatic carbocycles. The molecule has 1 amide bonds. The van der Waals surface area contributed by atoms with Crippen molar-refractivity contribution in [3.05, 3.63) is 116 Å². The van der Waals surface area contributed by atoms with Crippen molar-refractivity contribution in [3.8, 4) is 11.5 Å². The fourth-order valence-corrected chi connectivity index (χ4v) is 6.54. The number of nitrogens with zero attached hydrogens (tertiary/aromatic N) is 2. The Morgan fingerprint density at radius 3 is 2.37 bits per heavy atom. The van der Waals surface area contributed by atoms with Crippen molar-refractivity contribution in [2.24, 2.45) is 5.10 Å². The van der Waals surface area contributed by atoms with Crippen LogP contribution in [0.1, 0.15) is 27.8 Å². The van der Waals surface area contributed by atoms with Gasteiger partial charge in [-0.2, -0.15) is 5.10 Å². The molecule has 4 rings (SSSR count). The van der Waals surface area contributed by atoms with Gasteiger partial charge in [0.15, 0.2) is 11.5 Å². The van der Waals surface area contributed by atoms with Gasteiger partial charge in [-0.25, -0.2) is 13.8 Å². The molecule has 4 aromatic carbocycles. The predicted octanol–water partition coefficient (Wildman–Crippen LogP) is 6.96. The molecule has 0 aliphatic heterocycles. The molecule has 0 saturated heterocycles. The minimum Gasteiger partial charge on any atom is -0.493 e. The molecule has 0 aromatic heterocycles. The molecule has 4 aromatic rings. The maximum atomic E-state index is 13.7. The van der Waals surface area contributed by atoms with E-state index in [1.54, 1.807) is 36.4 Å². The number of aryl methyl sites for hydroxylation is 3. The Morgan fingerprint density at radius 2 is 1.70 bits per heavy atom. The smallest absolute Gasteiger partial charge is 0.264 e. The number of nitrogens with one attached hydrogen (secondary N) is 1. The average Bonchev–Trinajstić information content (AvgIpc) is 2.96. The van der Waals surface area contributed by atoms with Gasteiger partial charge in [0.1, 0.15) is 13.2 Å². The first kappa shape index (κ1) is 32.1. The van der Waals surface area contributed by atoms with Gasteiger partial charge < -0.3 is 9.47 Å². The molecule has 43 heavy (non-hydrogen) atoms. The lowest BCUT2D eigenvalue weighted by Gasteiger charge is -2.25.